The molecule has 1 amide bonds. The predicted octanol–water partition coefficient (Wildman–Crippen LogP) is 1.14. The van der Waals surface area contributed by atoms with Crippen LogP contribution in [0.1, 0.15) is 25.3 Å². The second-order valence-corrected chi connectivity index (χ2v) is 6.30. The number of ether oxygens (including phenoxy) is 3. The van der Waals surface area contributed by atoms with Crippen LogP contribution in [0, 0.1) is 0 Å². The summed E-state index contributed by atoms with van der Waals surface area (Å²) >= 11 is 0. The summed E-state index contributed by atoms with van der Waals surface area (Å²) in [5, 5.41) is 0. The molecule has 0 spiro atoms. The van der Waals surface area contributed by atoms with Crippen molar-refractivity contribution in [2.75, 3.05) is 33.4 Å². The Morgan fingerprint density at radius 1 is 1.23 bits per heavy atom. The normalized spacial score (nSPS) is 16.2. The van der Waals surface area contributed by atoms with Crippen molar-refractivity contribution in [3.63, 3.8) is 0 Å². The quantitative estimate of drug-likeness (QED) is 0.696. The molecule has 0 radical (unpaired) electrons. The highest BCUT2D eigenvalue weighted by Crippen LogP contribution is 2.16. The van der Waals surface area contributed by atoms with Crippen LogP contribution in [-0.4, -0.2) is 62.3 Å². The fourth-order valence-corrected chi connectivity index (χ4v) is 2.97. The summed E-state index contributed by atoms with van der Waals surface area (Å²) in [7, 11) is 1.62. The fraction of sp³-hybridized carbons (Fsp3) is 0.579. The van der Waals surface area contributed by atoms with Crippen LogP contribution in [0.15, 0.2) is 24.3 Å². The number of amides is 1. The van der Waals surface area contributed by atoms with Gasteiger partial charge in [-0.3, -0.25) is 4.79 Å². The van der Waals surface area contributed by atoms with Gasteiger partial charge in [0.1, 0.15) is 12.4 Å². The molecular weight excluding hydrogens is 336 g/mol. The number of likely N-dealkylation sites (tertiary alicyclic amines) is 1. The fourth-order valence-electron chi connectivity index (χ4n) is 2.97. The number of carbonyl (C=O) groups is 2. The van der Waals surface area contributed by atoms with Gasteiger partial charge in [-0.25, -0.2) is 4.79 Å². The molecule has 1 aromatic rings. The average molecular weight is 364 g/mol. The van der Waals surface area contributed by atoms with E-state index in [1.807, 2.05) is 24.3 Å². The van der Waals surface area contributed by atoms with Crippen molar-refractivity contribution in [2.24, 2.45) is 5.73 Å². The van der Waals surface area contributed by atoms with Gasteiger partial charge in [-0.1, -0.05) is 12.1 Å². The zero-order valence-electron chi connectivity index (χ0n) is 15.5. The summed E-state index contributed by atoms with van der Waals surface area (Å²) in [6.45, 7) is 3.24. The van der Waals surface area contributed by atoms with Gasteiger partial charge in [0.05, 0.1) is 25.9 Å². The van der Waals surface area contributed by atoms with Gasteiger partial charge in [0.2, 0.25) is 5.91 Å². The molecule has 144 valence electrons. The Kier molecular flexibility index (Phi) is 7.87. The maximum atomic E-state index is 12.5. The van der Waals surface area contributed by atoms with Gasteiger partial charge in [-0.15, -0.1) is 0 Å². The van der Waals surface area contributed by atoms with E-state index in [-0.39, 0.29) is 24.6 Å². The standard InChI is InChI=1S/C19H28N2O5/c1-3-25-18(22)13-26-16-8-10-21(11-9-16)19(23)17(20)12-14-4-6-15(24-2)7-5-14/h4-7,16-17H,3,8-13,20H2,1-2H3/t17-/m0/s1. The molecule has 0 bridgehead atoms. The molecule has 1 fully saturated rings. The van der Waals surface area contributed by atoms with Crippen LogP contribution in [0.2, 0.25) is 0 Å². The minimum absolute atomic E-state index is 0.0266. The van der Waals surface area contributed by atoms with Crippen molar-refractivity contribution in [1.82, 2.24) is 4.90 Å². The van der Waals surface area contributed by atoms with Crippen LogP contribution in [0.4, 0.5) is 0 Å². The van der Waals surface area contributed by atoms with Gasteiger partial charge < -0.3 is 24.8 Å². The number of piperidine rings is 1. The molecule has 1 aliphatic heterocycles. The zero-order valence-corrected chi connectivity index (χ0v) is 15.5. The van der Waals surface area contributed by atoms with Crippen LogP contribution >= 0.6 is 0 Å². The third-order valence-corrected chi connectivity index (χ3v) is 4.43. The molecule has 1 saturated heterocycles. The summed E-state index contributed by atoms with van der Waals surface area (Å²) in [4.78, 5) is 25.6. The van der Waals surface area contributed by atoms with E-state index in [1.165, 1.54) is 0 Å². The first-order valence-electron chi connectivity index (χ1n) is 8.98. The Morgan fingerprint density at radius 2 is 1.88 bits per heavy atom. The van der Waals surface area contributed by atoms with E-state index in [2.05, 4.69) is 0 Å². The van der Waals surface area contributed by atoms with Crippen LogP contribution < -0.4 is 10.5 Å². The lowest BCUT2D eigenvalue weighted by atomic mass is 10.0. The largest absolute Gasteiger partial charge is 0.497 e. The molecule has 1 aromatic carbocycles. The van der Waals surface area contributed by atoms with Gasteiger partial charge in [-0.2, -0.15) is 0 Å². The highest BCUT2D eigenvalue weighted by atomic mass is 16.6. The smallest absolute Gasteiger partial charge is 0.332 e. The third kappa shape index (κ3) is 6.00. The summed E-state index contributed by atoms with van der Waals surface area (Å²) in [6.07, 6.45) is 1.85. The van der Waals surface area contributed by atoms with E-state index in [9.17, 15) is 9.59 Å². The lowest BCUT2D eigenvalue weighted by molar-refractivity contribution is -0.152. The zero-order chi connectivity index (χ0) is 18.9. The molecular formula is C19H28N2O5. The average Bonchev–Trinajstić information content (AvgIpc) is 2.67. The Balaban J connectivity index is 1.75. The third-order valence-electron chi connectivity index (χ3n) is 4.43. The van der Waals surface area contributed by atoms with Crippen LogP contribution in [-0.2, 0) is 25.5 Å². The summed E-state index contributed by atoms with van der Waals surface area (Å²) in [5.74, 6) is 0.371. The first-order valence-corrected chi connectivity index (χ1v) is 8.98. The van der Waals surface area contributed by atoms with Crippen LogP contribution in [0.5, 0.6) is 5.75 Å². The van der Waals surface area contributed by atoms with E-state index in [0.29, 0.717) is 39.0 Å². The van der Waals surface area contributed by atoms with Gasteiger partial charge in [0.15, 0.2) is 0 Å². The Morgan fingerprint density at radius 3 is 2.46 bits per heavy atom. The topological polar surface area (TPSA) is 91.1 Å². The number of hydrogen-bond donors (Lipinski definition) is 1. The van der Waals surface area contributed by atoms with Crippen molar-refractivity contribution >= 4 is 11.9 Å². The van der Waals surface area contributed by atoms with Crippen LogP contribution in [0.25, 0.3) is 0 Å². The highest BCUT2D eigenvalue weighted by Gasteiger charge is 2.27. The summed E-state index contributed by atoms with van der Waals surface area (Å²) in [6, 6.07) is 6.99. The maximum Gasteiger partial charge on any atom is 0.332 e. The van der Waals surface area contributed by atoms with Crippen molar-refractivity contribution in [2.45, 2.75) is 38.3 Å². The highest BCUT2D eigenvalue weighted by molar-refractivity contribution is 5.82. The number of esters is 1. The molecule has 26 heavy (non-hydrogen) atoms. The summed E-state index contributed by atoms with van der Waals surface area (Å²) < 4.78 is 15.5. The second kappa shape index (κ2) is 10.1. The second-order valence-electron chi connectivity index (χ2n) is 6.30. The summed E-state index contributed by atoms with van der Waals surface area (Å²) in [5.41, 5.74) is 7.10. The Hall–Kier alpha value is -2.12. The lowest BCUT2D eigenvalue weighted by Crippen LogP contribution is -2.49. The molecule has 1 aliphatic rings. The number of rotatable bonds is 8. The monoisotopic (exact) mass is 364 g/mol. The minimum atomic E-state index is -0.569. The number of benzene rings is 1. The molecule has 0 unspecified atom stereocenters. The predicted molar refractivity (Wildman–Crippen MR) is 96.9 cm³/mol. The molecule has 1 atom stereocenters. The van der Waals surface area contributed by atoms with E-state index >= 15 is 0 Å². The number of hydrogen-bond acceptors (Lipinski definition) is 6. The molecule has 1 heterocycles. The molecule has 0 aliphatic carbocycles. The van der Waals surface area contributed by atoms with Gasteiger partial charge >= 0.3 is 5.97 Å². The van der Waals surface area contributed by atoms with Gasteiger partial charge in [0, 0.05) is 13.1 Å². The Bertz CT molecular complexity index is 582. The molecule has 0 aromatic heterocycles. The molecule has 2 N–H and O–H groups in total. The van der Waals surface area contributed by atoms with E-state index in [0.717, 1.165) is 11.3 Å². The molecule has 7 heteroatoms. The first kappa shape index (κ1) is 20.2. The van der Waals surface area contributed by atoms with E-state index in [1.54, 1.807) is 18.9 Å². The number of carbonyl (C=O) groups excluding carboxylic acids is 2. The molecule has 7 nitrogen and oxygen atoms in total. The van der Waals surface area contributed by atoms with Crippen molar-refractivity contribution in [3.8, 4) is 5.75 Å². The number of nitrogens with two attached hydrogens (primary N) is 1. The first-order chi connectivity index (χ1) is 12.5. The van der Waals surface area contributed by atoms with Gasteiger partial charge in [0.25, 0.3) is 0 Å². The van der Waals surface area contributed by atoms with Gasteiger partial charge in [-0.05, 0) is 43.9 Å². The van der Waals surface area contributed by atoms with E-state index in [4.69, 9.17) is 19.9 Å². The number of nitrogens with zero attached hydrogens (tertiary/aromatic N) is 1. The number of methoxy groups -OCH3 is 1. The minimum Gasteiger partial charge on any atom is -0.497 e. The lowest BCUT2D eigenvalue weighted by Gasteiger charge is -2.33. The Labute approximate surface area is 154 Å². The maximum absolute atomic E-state index is 12.5. The SMILES string of the molecule is CCOC(=O)COC1CCN(C(=O)[C@@H](N)Cc2ccc(OC)cc2)CC1. The van der Waals surface area contributed by atoms with Crippen molar-refractivity contribution in [3.05, 3.63) is 29.8 Å². The molecule has 2 rings (SSSR count). The van der Waals surface area contributed by atoms with Crippen LogP contribution in [0.3, 0.4) is 0 Å². The van der Waals surface area contributed by atoms with Crippen molar-refractivity contribution < 1.29 is 23.8 Å². The molecule has 0 saturated carbocycles. The van der Waals surface area contributed by atoms with Crippen molar-refractivity contribution in [1.29, 1.82) is 0 Å². The van der Waals surface area contributed by atoms with E-state index < -0.39 is 6.04 Å².